The lowest BCUT2D eigenvalue weighted by Gasteiger charge is -2.08. The number of nitrogens with zero attached hydrogens (tertiary/aromatic N) is 7. The van der Waals surface area contributed by atoms with Gasteiger partial charge in [-0.15, -0.1) is 4.98 Å². The molecule has 0 bridgehead atoms. The Balaban J connectivity index is 0.000000486. The van der Waals surface area contributed by atoms with Gasteiger partial charge in [-0.3, -0.25) is 14.8 Å². The molecule has 9 nitrogen and oxygen atoms in total. The summed E-state index contributed by atoms with van der Waals surface area (Å²) in [4.78, 5) is 34.9. The summed E-state index contributed by atoms with van der Waals surface area (Å²) in [5.41, 5.74) is 8.15. The van der Waals surface area contributed by atoms with Crippen molar-refractivity contribution in [2.75, 3.05) is 0 Å². The first-order valence-electron chi connectivity index (χ1n) is 26.1. The van der Waals surface area contributed by atoms with Crippen LogP contribution in [0.2, 0.25) is 0 Å². The summed E-state index contributed by atoms with van der Waals surface area (Å²) in [5.74, 6) is 1.67. The molecule has 0 radical (unpaired) electrons. The number of nitrogens with two attached hydrogens (primary N) is 1. The molecular weight excluding hydrogens is 1080 g/mol. The minimum absolute atomic E-state index is 0.283. The Bertz CT molecular complexity index is 2650. The molecule has 0 aliphatic rings. The number of carbonyl (C=O) groups is 1. The highest BCUT2D eigenvalue weighted by Gasteiger charge is 2.35. The van der Waals surface area contributed by atoms with Crippen molar-refractivity contribution >= 4 is 11.7 Å². The predicted octanol–water partition coefficient (Wildman–Crippen LogP) is 17.4. The molecule has 0 spiro atoms. The zero-order chi connectivity index (χ0) is 61.9. The van der Waals surface area contributed by atoms with Crippen LogP contribution in [0.5, 0.6) is 0 Å². The number of halogens is 12. The van der Waals surface area contributed by atoms with Crippen LogP contribution in [0.25, 0.3) is 4.85 Å². The first-order chi connectivity index (χ1) is 37.4. The summed E-state index contributed by atoms with van der Waals surface area (Å²) >= 11 is 0. The van der Waals surface area contributed by atoms with E-state index < -0.39 is 47.6 Å². The van der Waals surface area contributed by atoms with E-state index in [2.05, 4.69) is 62.4 Å². The molecule has 5 heterocycles. The van der Waals surface area contributed by atoms with Crippen LogP contribution >= 0.6 is 0 Å². The molecule has 0 unspecified atom stereocenters. The highest BCUT2D eigenvalue weighted by Crippen LogP contribution is 2.30. The molecule has 0 aliphatic heterocycles. The Labute approximate surface area is 468 Å². The number of hydrogen-bond donors (Lipinski definition) is 1. The summed E-state index contributed by atoms with van der Waals surface area (Å²) in [6.07, 6.45) is -7.61. The highest BCUT2D eigenvalue weighted by atomic mass is 19.4. The smallest absolute Gasteiger partial charge is 0.366 e. The van der Waals surface area contributed by atoms with Gasteiger partial charge < -0.3 is 10.6 Å². The summed E-state index contributed by atoms with van der Waals surface area (Å²) in [7, 11) is 0. The van der Waals surface area contributed by atoms with E-state index in [-0.39, 0.29) is 11.8 Å². The van der Waals surface area contributed by atoms with E-state index in [9.17, 15) is 57.5 Å². The van der Waals surface area contributed by atoms with Crippen molar-refractivity contribution in [2.45, 2.75) is 146 Å². The first kappa shape index (κ1) is 72.0. The van der Waals surface area contributed by atoms with Crippen LogP contribution < -0.4 is 5.73 Å². The summed E-state index contributed by atoms with van der Waals surface area (Å²) in [6, 6.07) is 22.1. The number of alkyl halides is 12. The van der Waals surface area contributed by atoms with E-state index in [1.54, 1.807) is 24.4 Å². The fourth-order valence-corrected chi connectivity index (χ4v) is 7.09. The minimum Gasteiger partial charge on any atom is -0.366 e. The molecule has 6 rings (SSSR count). The average Bonchev–Trinajstić information content (AvgIpc) is 3.36. The van der Waals surface area contributed by atoms with E-state index >= 15 is 0 Å². The lowest BCUT2D eigenvalue weighted by molar-refractivity contribution is -0.145. The van der Waals surface area contributed by atoms with Crippen LogP contribution in [0, 0.1) is 42.1 Å². The number of rotatable bonds is 13. The van der Waals surface area contributed by atoms with Gasteiger partial charge in [0.2, 0.25) is 11.7 Å². The van der Waals surface area contributed by atoms with Gasteiger partial charge in [-0.1, -0.05) is 119 Å². The predicted molar refractivity (Wildman–Crippen MR) is 291 cm³/mol. The average molecular weight is 1150 g/mol. The number of benzene rings is 1. The molecular formula is C60H74F12N8O. The molecule has 5 aromatic heterocycles. The number of primary amides is 1. The van der Waals surface area contributed by atoms with E-state index in [0.717, 1.165) is 49.2 Å². The number of aromatic nitrogens is 6. The Morgan fingerprint density at radius 1 is 0.444 bits per heavy atom. The third-order valence-corrected chi connectivity index (χ3v) is 10.2. The number of carbonyl (C=O) groups excluding carboxylic acids is 1. The molecule has 0 fully saturated rings. The van der Waals surface area contributed by atoms with Gasteiger partial charge in [-0.25, -0.2) is 15.0 Å². The van der Waals surface area contributed by atoms with Gasteiger partial charge in [0.25, 0.3) is 5.82 Å². The summed E-state index contributed by atoms with van der Waals surface area (Å²) in [5, 5.41) is 0. The fourth-order valence-electron chi connectivity index (χ4n) is 7.09. The molecule has 21 heteroatoms. The van der Waals surface area contributed by atoms with E-state index in [1.807, 2.05) is 85.7 Å². The Morgan fingerprint density at radius 3 is 1.33 bits per heavy atom. The van der Waals surface area contributed by atoms with E-state index in [4.69, 9.17) is 12.3 Å². The second-order valence-corrected chi connectivity index (χ2v) is 21.3. The molecule has 2 N–H and O–H groups in total. The third-order valence-electron chi connectivity index (χ3n) is 10.2. The lowest BCUT2D eigenvalue weighted by atomic mass is 10.0. The van der Waals surface area contributed by atoms with Crippen molar-refractivity contribution < 1.29 is 57.5 Å². The topological polar surface area (TPSA) is 125 Å². The van der Waals surface area contributed by atoms with E-state index in [1.165, 1.54) is 41.7 Å². The van der Waals surface area contributed by atoms with Crippen molar-refractivity contribution in [1.29, 1.82) is 0 Å². The summed E-state index contributed by atoms with van der Waals surface area (Å²) in [6.45, 7) is 31.1. The molecule has 81 heavy (non-hydrogen) atoms. The Kier molecular flexibility index (Phi) is 30.5. The van der Waals surface area contributed by atoms with Crippen molar-refractivity contribution in [3.8, 4) is 0 Å². The van der Waals surface area contributed by atoms with Gasteiger partial charge in [0.1, 0.15) is 23.3 Å². The van der Waals surface area contributed by atoms with Crippen LogP contribution in [-0.4, -0.2) is 35.8 Å². The van der Waals surface area contributed by atoms with Crippen LogP contribution in [0.1, 0.15) is 150 Å². The zero-order valence-corrected chi connectivity index (χ0v) is 47.8. The molecule has 0 atom stereocenters. The maximum absolute atomic E-state index is 12.2. The van der Waals surface area contributed by atoms with Crippen molar-refractivity contribution in [3.05, 3.63) is 183 Å². The maximum atomic E-state index is 12.2. The zero-order valence-electron chi connectivity index (χ0n) is 47.8. The summed E-state index contributed by atoms with van der Waals surface area (Å²) < 4.78 is 146. The monoisotopic (exact) mass is 1150 g/mol. The van der Waals surface area contributed by atoms with Crippen molar-refractivity contribution in [3.63, 3.8) is 0 Å². The molecule has 0 aliphatic carbocycles. The minimum atomic E-state index is -4.45. The fraction of sp³-hybridized carbons (Fsp3) is 0.467. The largest absolute Gasteiger partial charge is 0.451 e. The van der Waals surface area contributed by atoms with Crippen LogP contribution in [0.4, 0.5) is 58.5 Å². The second kappa shape index (κ2) is 34.3. The van der Waals surface area contributed by atoms with Crippen molar-refractivity contribution in [1.82, 2.24) is 29.9 Å². The first-order valence-corrected chi connectivity index (χ1v) is 26.1. The van der Waals surface area contributed by atoms with Crippen LogP contribution in [0.15, 0.2) is 110 Å². The normalized spacial score (nSPS) is 11.5. The standard InChI is InChI=1S/C11H15NO.3C10H12F3N.C10H12N2.C9H11F3N2/c1-8(2)6-9-4-3-5-10(7-9)11(12)13;1-7(2)5-8-3-4-14-9(6-8)10(11,12)13;1-7(2)5-8-3-4-9(14-6-8)10(11,12)13;1-7(2)6-8-4-3-5-9(14-8)10(11,12)13;1-8(2)6-9-4-5-12-10(7-9)11-3;1-6(2)5-7-3-4-13-8(14-7)9(10,11)12/h3-5,7-8H,6H2,1-2H3,(H2,12,13);2*3-4,6-7H,5H2,1-2H3;3-5,7H,6H2,1-2H3;4-5,7-8H,6H2,1-2H3;3-4,6H,5H2,1-2H3. The van der Waals surface area contributed by atoms with Gasteiger partial charge in [-0.05, 0) is 151 Å². The molecule has 6 aromatic rings. The maximum Gasteiger partial charge on any atom is 0.451 e. The van der Waals surface area contributed by atoms with Gasteiger partial charge in [0.15, 0.2) is 0 Å². The van der Waals surface area contributed by atoms with Crippen molar-refractivity contribution in [2.24, 2.45) is 41.2 Å². The SMILES string of the molecule is CC(C)Cc1ccc(C(F)(F)F)nc1.CC(C)Cc1cccc(C(F)(F)F)n1.CC(C)Cc1cccc(C(N)=O)c1.CC(C)Cc1ccnc(C(F)(F)F)c1.CC(C)Cc1ccnc(C(F)(F)F)n1.[C-]#[N+]c1cc(CC(C)C)ccn1. The molecule has 444 valence electrons. The van der Waals surface area contributed by atoms with Gasteiger partial charge in [0, 0.05) is 35.5 Å². The molecule has 0 saturated heterocycles. The van der Waals surface area contributed by atoms with Gasteiger partial charge in [0.05, 0.1) is 0 Å². The van der Waals surface area contributed by atoms with Gasteiger partial charge in [-0.2, -0.15) is 52.7 Å². The number of amides is 1. The quantitative estimate of drug-likeness (QED) is 0.0902. The lowest BCUT2D eigenvalue weighted by Crippen LogP contribution is -2.12. The molecule has 0 saturated carbocycles. The Morgan fingerprint density at radius 2 is 0.889 bits per heavy atom. The number of hydrogen-bond acceptors (Lipinski definition) is 7. The molecule has 1 aromatic carbocycles. The Hall–Kier alpha value is -6.98. The second-order valence-electron chi connectivity index (χ2n) is 21.3. The van der Waals surface area contributed by atoms with Gasteiger partial charge >= 0.3 is 24.7 Å². The van der Waals surface area contributed by atoms with E-state index in [0.29, 0.717) is 77.2 Å². The highest BCUT2D eigenvalue weighted by molar-refractivity contribution is 5.92. The van der Waals surface area contributed by atoms with Crippen LogP contribution in [-0.2, 0) is 63.2 Å². The molecule has 1 amide bonds. The van der Waals surface area contributed by atoms with Crippen LogP contribution in [0.3, 0.4) is 0 Å². The third kappa shape index (κ3) is 32.2. The number of pyridine rings is 4.